The zero-order valence-corrected chi connectivity index (χ0v) is 15.8. The van der Waals surface area contributed by atoms with E-state index in [1.807, 2.05) is 16.6 Å². The van der Waals surface area contributed by atoms with Crippen molar-refractivity contribution in [1.29, 1.82) is 0 Å². The highest BCUT2D eigenvalue weighted by molar-refractivity contribution is 5.54. The molecule has 1 aliphatic heterocycles. The summed E-state index contributed by atoms with van der Waals surface area (Å²) in [7, 11) is 0. The average Bonchev–Trinajstić information content (AvgIpc) is 3.37. The molecule has 7 nitrogen and oxygen atoms in total. The second-order valence-electron chi connectivity index (χ2n) is 7.42. The lowest BCUT2D eigenvalue weighted by molar-refractivity contribution is 0.266. The number of anilines is 2. The Labute approximate surface area is 163 Å². The summed E-state index contributed by atoms with van der Waals surface area (Å²) in [4.78, 5) is 13.4. The molecular formula is C20H24FN7. The van der Waals surface area contributed by atoms with Crippen molar-refractivity contribution in [2.24, 2.45) is 0 Å². The molecule has 3 aromatic rings. The second-order valence-corrected chi connectivity index (χ2v) is 7.42. The number of benzene rings is 1. The first-order chi connectivity index (χ1) is 13.8. The molecule has 1 aliphatic carbocycles. The number of para-hydroxylation sites is 1. The summed E-state index contributed by atoms with van der Waals surface area (Å²) in [6.07, 6.45) is 4.76. The van der Waals surface area contributed by atoms with E-state index in [0.29, 0.717) is 11.5 Å². The maximum absolute atomic E-state index is 14.0. The Balaban J connectivity index is 1.20. The quantitative estimate of drug-likeness (QED) is 0.729. The van der Waals surface area contributed by atoms with Gasteiger partial charge in [0.1, 0.15) is 18.0 Å². The minimum Gasteiger partial charge on any atom is -0.368 e. The first-order valence-corrected chi connectivity index (χ1v) is 9.97. The van der Waals surface area contributed by atoms with Crippen LogP contribution < -0.4 is 10.2 Å². The molecule has 2 aliphatic rings. The Morgan fingerprint density at radius 3 is 2.79 bits per heavy atom. The number of nitrogens with one attached hydrogen (secondary N) is 1. The van der Waals surface area contributed by atoms with E-state index in [4.69, 9.17) is 0 Å². The maximum Gasteiger partial charge on any atom is 0.254 e. The molecule has 0 saturated carbocycles. The number of hydrogen-bond acceptors (Lipinski definition) is 6. The van der Waals surface area contributed by atoms with E-state index in [0.717, 1.165) is 70.0 Å². The van der Waals surface area contributed by atoms with E-state index in [1.54, 1.807) is 12.4 Å². The number of aromatic nitrogens is 4. The Hall–Kier alpha value is -2.74. The fourth-order valence-electron chi connectivity index (χ4n) is 4.26. The predicted molar refractivity (Wildman–Crippen MR) is 106 cm³/mol. The smallest absolute Gasteiger partial charge is 0.254 e. The molecule has 1 N–H and O–H groups in total. The summed E-state index contributed by atoms with van der Waals surface area (Å²) in [5, 5.41) is 7.92. The van der Waals surface area contributed by atoms with Gasteiger partial charge < -0.3 is 10.2 Å². The minimum atomic E-state index is -0.138. The van der Waals surface area contributed by atoms with E-state index in [2.05, 4.69) is 30.2 Å². The molecule has 2 aromatic heterocycles. The minimum absolute atomic E-state index is 0.138. The lowest BCUT2D eigenvalue weighted by Gasteiger charge is -2.36. The third kappa shape index (κ3) is 3.17. The van der Waals surface area contributed by atoms with Crippen molar-refractivity contribution in [3.05, 3.63) is 47.7 Å². The van der Waals surface area contributed by atoms with Gasteiger partial charge in [0, 0.05) is 44.8 Å². The van der Waals surface area contributed by atoms with Crippen molar-refractivity contribution < 1.29 is 4.39 Å². The molecule has 1 fully saturated rings. The van der Waals surface area contributed by atoms with Crippen LogP contribution in [0, 0.1) is 5.82 Å². The molecule has 0 bridgehead atoms. The Morgan fingerprint density at radius 1 is 1.07 bits per heavy atom. The van der Waals surface area contributed by atoms with Crippen molar-refractivity contribution in [3.63, 3.8) is 0 Å². The van der Waals surface area contributed by atoms with E-state index in [1.165, 1.54) is 11.6 Å². The summed E-state index contributed by atoms with van der Waals surface area (Å²) >= 11 is 0. The molecule has 1 saturated heterocycles. The van der Waals surface area contributed by atoms with Crippen molar-refractivity contribution in [2.45, 2.75) is 19.3 Å². The first kappa shape index (κ1) is 17.4. The largest absolute Gasteiger partial charge is 0.368 e. The van der Waals surface area contributed by atoms with Crippen LogP contribution in [0.25, 0.3) is 5.78 Å². The molecule has 0 atom stereocenters. The lowest BCUT2D eigenvalue weighted by atomic mass is 10.2. The van der Waals surface area contributed by atoms with E-state index in [-0.39, 0.29) is 5.82 Å². The van der Waals surface area contributed by atoms with Crippen molar-refractivity contribution >= 4 is 17.3 Å². The molecule has 5 rings (SSSR count). The zero-order chi connectivity index (χ0) is 18.9. The van der Waals surface area contributed by atoms with E-state index >= 15 is 0 Å². The van der Waals surface area contributed by atoms with E-state index < -0.39 is 0 Å². The molecule has 0 radical (unpaired) electrons. The van der Waals surface area contributed by atoms with Gasteiger partial charge in [-0.3, -0.25) is 4.90 Å². The summed E-state index contributed by atoms with van der Waals surface area (Å²) in [6, 6.07) is 7.03. The van der Waals surface area contributed by atoms with Gasteiger partial charge in [0.2, 0.25) is 0 Å². The van der Waals surface area contributed by atoms with Gasteiger partial charge in [-0.05, 0) is 31.4 Å². The number of nitrogens with zero attached hydrogens (tertiary/aromatic N) is 6. The molecule has 0 spiro atoms. The summed E-state index contributed by atoms with van der Waals surface area (Å²) in [5.41, 5.74) is 3.14. The maximum atomic E-state index is 14.0. The van der Waals surface area contributed by atoms with Crippen LogP contribution in [0.2, 0.25) is 0 Å². The topological polar surface area (TPSA) is 61.6 Å². The summed E-state index contributed by atoms with van der Waals surface area (Å²) < 4.78 is 15.8. The van der Waals surface area contributed by atoms with Crippen LogP contribution in [0.4, 0.5) is 15.9 Å². The van der Waals surface area contributed by atoms with Crippen molar-refractivity contribution in [3.8, 4) is 0 Å². The highest BCUT2D eigenvalue weighted by atomic mass is 19.1. The molecule has 0 amide bonds. The van der Waals surface area contributed by atoms with Crippen LogP contribution >= 0.6 is 0 Å². The van der Waals surface area contributed by atoms with Crippen LogP contribution in [0.1, 0.15) is 17.7 Å². The van der Waals surface area contributed by atoms with Crippen LogP contribution in [-0.2, 0) is 12.8 Å². The first-order valence-electron chi connectivity index (χ1n) is 9.97. The lowest BCUT2D eigenvalue weighted by Crippen LogP contribution is -2.48. The SMILES string of the molecule is Fc1ccccc1N1CCN(CCNc2c3c(nc4ncnn24)CCC3)CC1. The van der Waals surface area contributed by atoms with Crippen LogP contribution in [0.3, 0.4) is 0 Å². The van der Waals surface area contributed by atoms with Crippen LogP contribution in [0.5, 0.6) is 0 Å². The highest BCUT2D eigenvalue weighted by Crippen LogP contribution is 2.27. The highest BCUT2D eigenvalue weighted by Gasteiger charge is 2.22. The van der Waals surface area contributed by atoms with Crippen molar-refractivity contribution in [1.82, 2.24) is 24.5 Å². The third-order valence-corrected chi connectivity index (χ3v) is 5.74. The van der Waals surface area contributed by atoms with Gasteiger partial charge >= 0.3 is 0 Å². The molecule has 0 unspecified atom stereocenters. The molecule has 3 heterocycles. The van der Waals surface area contributed by atoms with Gasteiger partial charge in [-0.25, -0.2) is 9.37 Å². The zero-order valence-electron chi connectivity index (χ0n) is 15.8. The number of rotatable bonds is 5. The standard InChI is InChI=1S/C20H24FN7/c21-16-5-1-2-7-18(16)27-12-10-26(11-13-27)9-8-22-19-15-4-3-6-17(15)25-20-23-14-24-28(19)20/h1-2,5,7,14,22H,3-4,6,8-13H2. The molecule has 28 heavy (non-hydrogen) atoms. The van der Waals surface area contributed by atoms with Gasteiger partial charge in [0.15, 0.2) is 0 Å². The predicted octanol–water partition coefficient (Wildman–Crippen LogP) is 1.99. The van der Waals surface area contributed by atoms with Crippen molar-refractivity contribution in [2.75, 3.05) is 49.5 Å². The van der Waals surface area contributed by atoms with Gasteiger partial charge in [-0.2, -0.15) is 14.6 Å². The number of hydrogen-bond donors (Lipinski definition) is 1. The fraction of sp³-hybridized carbons (Fsp3) is 0.450. The number of fused-ring (bicyclic) bond motifs is 2. The third-order valence-electron chi connectivity index (χ3n) is 5.74. The second kappa shape index (κ2) is 7.35. The summed E-state index contributed by atoms with van der Waals surface area (Å²) in [5.74, 6) is 1.57. The average molecular weight is 381 g/mol. The van der Waals surface area contributed by atoms with Gasteiger partial charge in [0.25, 0.3) is 5.78 Å². The van der Waals surface area contributed by atoms with Crippen LogP contribution in [-0.4, -0.2) is 63.8 Å². The van der Waals surface area contributed by atoms with Gasteiger partial charge in [-0.15, -0.1) is 0 Å². The number of piperazine rings is 1. The molecule has 1 aromatic carbocycles. The fourth-order valence-corrected chi connectivity index (χ4v) is 4.26. The van der Waals surface area contributed by atoms with Gasteiger partial charge in [-0.1, -0.05) is 12.1 Å². The Kier molecular flexibility index (Phi) is 4.56. The number of aryl methyl sites for hydroxylation is 1. The Bertz CT molecular complexity index is 978. The molecule has 146 valence electrons. The van der Waals surface area contributed by atoms with Gasteiger partial charge in [0.05, 0.1) is 11.4 Å². The molecular weight excluding hydrogens is 357 g/mol. The molecule has 8 heteroatoms. The normalized spacial score (nSPS) is 17.2. The summed E-state index contributed by atoms with van der Waals surface area (Å²) in [6.45, 7) is 5.34. The monoisotopic (exact) mass is 381 g/mol. The van der Waals surface area contributed by atoms with E-state index in [9.17, 15) is 4.39 Å². The number of halogens is 1. The van der Waals surface area contributed by atoms with Crippen LogP contribution in [0.15, 0.2) is 30.6 Å². The Morgan fingerprint density at radius 2 is 1.93 bits per heavy atom.